The molecule has 2 aliphatic heterocycles. The smallest absolute Gasteiger partial charge is 0.228 e. The van der Waals surface area contributed by atoms with Crippen molar-refractivity contribution < 1.29 is 4.79 Å². The van der Waals surface area contributed by atoms with Gasteiger partial charge in [0, 0.05) is 37.0 Å². The van der Waals surface area contributed by atoms with E-state index in [1.165, 1.54) is 11.1 Å². The molecule has 0 spiro atoms. The minimum atomic E-state index is 0. The molecule has 0 bridgehead atoms. The van der Waals surface area contributed by atoms with Crippen molar-refractivity contribution >= 4 is 29.7 Å². The highest BCUT2D eigenvalue weighted by Crippen LogP contribution is 2.44. The Morgan fingerprint density at radius 3 is 2.69 bits per heavy atom. The lowest BCUT2D eigenvalue weighted by Gasteiger charge is -2.28. The van der Waals surface area contributed by atoms with Crippen LogP contribution in [0.5, 0.6) is 0 Å². The summed E-state index contributed by atoms with van der Waals surface area (Å²) >= 11 is 1.62. The van der Waals surface area contributed by atoms with Gasteiger partial charge in [-0.25, -0.2) is 4.98 Å². The van der Waals surface area contributed by atoms with Gasteiger partial charge in [0.15, 0.2) is 0 Å². The number of aromatic nitrogens is 1. The van der Waals surface area contributed by atoms with E-state index in [2.05, 4.69) is 53.0 Å². The van der Waals surface area contributed by atoms with Crippen LogP contribution in [0.2, 0.25) is 0 Å². The average Bonchev–Trinajstić information content (AvgIpc) is 3.23. The lowest BCUT2D eigenvalue weighted by molar-refractivity contribution is -0.129. The van der Waals surface area contributed by atoms with Crippen molar-refractivity contribution in [1.82, 2.24) is 14.8 Å². The van der Waals surface area contributed by atoms with Crippen LogP contribution in [0.25, 0.3) is 0 Å². The molecule has 2 aromatic rings. The first-order valence-electron chi connectivity index (χ1n) is 8.97. The molecule has 2 aliphatic rings. The summed E-state index contributed by atoms with van der Waals surface area (Å²) in [4.78, 5) is 21.7. The van der Waals surface area contributed by atoms with Crippen LogP contribution in [-0.4, -0.2) is 47.4 Å². The first-order valence-corrected chi connectivity index (χ1v) is 9.85. The number of hydrogen-bond donors (Lipinski definition) is 0. The van der Waals surface area contributed by atoms with Crippen LogP contribution in [-0.2, 0) is 11.2 Å². The van der Waals surface area contributed by atoms with Crippen LogP contribution in [0.1, 0.15) is 27.9 Å². The van der Waals surface area contributed by atoms with Crippen molar-refractivity contribution in [2.24, 2.45) is 11.8 Å². The summed E-state index contributed by atoms with van der Waals surface area (Å²) in [6.45, 7) is 7.01. The molecule has 3 heterocycles. The predicted molar refractivity (Wildman–Crippen MR) is 108 cm³/mol. The maximum atomic E-state index is 12.7. The molecule has 0 unspecified atom stereocenters. The summed E-state index contributed by atoms with van der Waals surface area (Å²) in [7, 11) is 2.22. The number of thiazole rings is 1. The summed E-state index contributed by atoms with van der Waals surface area (Å²) in [5.74, 6) is 1.34. The fourth-order valence-corrected chi connectivity index (χ4v) is 5.22. The maximum absolute atomic E-state index is 12.7. The molecule has 0 N–H and O–H groups in total. The molecule has 4 rings (SSSR count). The lowest BCUT2D eigenvalue weighted by Crippen LogP contribution is -2.34. The van der Waals surface area contributed by atoms with Gasteiger partial charge in [0.25, 0.3) is 0 Å². The van der Waals surface area contributed by atoms with Crippen molar-refractivity contribution in [3.8, 4) is 0 Å². The van der Waals surface area contributed by atoms with E-state index < -0.39 is 0 Å². The minimum absolute atomic E-state index is 0. The molecule has 140 valence electrons. The summed E-state index contributed by atoms with van der Waals surface area (Å²) in [6, 6.07) is 9.10. The largest absolute Gasteiger partial charge is 0.342 e. The van der Waals surface area contributed by atoms with E-state index in [4.69, 9.17) is 0 Å². The quantitative estimate of drug-likeness (QED) is 0.803. The second-order valence-electron chi connectivity index (χ2n) is 7.50. The molecule has 6 heteroatoms. The molecule has 0 aliphatic carbocycles. The zero-order valence-corrected chi connectivity index (χ0v) is 17.1. The van der Waals surface area contributed by atoms with Gasteiger partial charge in [0.2, 0.25) is 5.91 Å². The Labute approximate surface area is 165 Å². The van der Waals surface area contributed by atoms with E-state index in [1.807, 2.05) is 12.3 Å². The van der Waals surface area contributed by atoms with Gasteiger partial charge in [-0.1, -0.05) is 24.3 Å². The molecule has 0 radical (unpaired) electrons. The van der Waals surface area contributed by atoms with E-state index >= 15 is 0 Å². The van der Waals surface area contributed by atoms with Crippen LogP contribution in [0.4, 0.5) is 0 Å². The Balaban J connectivity index is 0.00000196. The monoisotopic (exact) mass is 391 g/mol. The standard InChI is InChI=1S/C20H25N3OS.ClH/c1-13-6-4-5-7-17(13)20-18-11-23(10-15(18)9-22(20)3)19(24)8-16-12-25-14(2)21-16;/h4-7,12,15,18,20H,8-11H2,1-3H3;1H/t15-,18+,20+;/m0./s1. The molecule has 1 aromatic heterocycles. The van der Waals surface area contributed by atoms with Crippen molar-refractivity contribution in [3.05, 3.63) is 51.5 Å². The third kappa shape index (κ3) is 3.53. The lowest BCUT2D eigenvalue weighted by atomic mass is 9.88. The van der Waals surface area contributed by atoms with Crippen LogP contribution in [0.3, 0.4) is 0 Å². The number of nitrogens with zero attached hydrogens (tertiary/aromatic N) is 3. The van der Waals surface area contributed by atoms with Crippen LogP contribution in [0, 0.1) is 25.7 Å². The van der Waals surface area contributed by atoms with Crippen molar-refractivity contribution in [2.75, 3.05) is 26.7 Å². The third-order valence-electron chi connectivity index (χ3n) is 5.75. The Morgan fingerprint density at radius 2 is 2.00 bits per heavy atom. The molecular weight excluding hydrogens is 366 g/mol. The number of halogens is 1. The maximum Gasteiger partial charge on any atom is 0.228 e. The number of hydrogen-bond acceptors (Lipinski definition) is 4. The van der Waals surface area contributed by atoms with E-state index in [-0.39, 0.29) is 18.3 Å². The summed E-state index contributed by atoms with van der Waals surface area (Å²) in [5.41, 5.74) is 3.68. The minimum Gasteiger partial charge on any atom is -0.342 e. The Morgan fingerprint density at radius 1 is 1.23 bits per heavy atom. The highest BCUT2D eigenvalue weighted by molar-refractivity contribution is 7.09. The molecular formula is C20H26ClN3OS. The van der Waals surface area contributed by atoms with Crippen LogP contribution >= 0.6 is 23.7 Å². The average molecular weight is 392 g/mol. The zero-order valence-electron chi connectivity index (χ0n) is 15.5. The number of carbonyl (C=O) groups is 1. The van der Waals surface area contributed by atoms with Gasteiger partial charge < -0.3 is 4.90 Å². The Hall–Kier alpha value is -1.43. The summed E-state index contributed by atoms with van der Waals surface area (Å²) in [5, 5.41) is 3.04. The van der Waals surface area contributed by atoms with E-state index in [1.54, 1.807) is 11.3 Å². The number of carbonyl (C=O) groups excluding carboxylic acids is 1. The molecule has 1 amide bonds. The SMILES string of the molecule is Cc1nc(CC(=O)N2C[C@@H]3CN(C)[C@H](c4ccccc4C)[C@@H]3C2)cs1.Cl. The molecule has 2 saturated heterocycles. The number of aryl methyl sites for hydroxylation is 2. The van der Waals surface area contributed by atoms with Crippen LogP contribution < -0.4 is 0 Å². The highest BCUT2D eigenvalue weighted by Gasteiger charge is 2.47. The van der Waals surface area contributed by atoms with E-state index in [0.717, 1.165) is 30.3 Å². The van der Waals surface area contributed by atoms with Gasteiger partial charge >= 0.3 is 0 Å². The normalized spacial score (nSPS) is 25.2. The van der Waals surface area contributed by atoms with Gasteiger partial charge in [-0.05, 0) is 37.9 Å². The highest BCUT2D eigenvalue weighted by atomic mass is 35.5. The fourth-order valence-electron chi connectivity index (χ4n) is 4.60. The van der Waals surface area contributed by atoms with E-state index in [9.17, 15) is 4.79 Å². The van der Waals surface area contributed by atoms with Gasteiger partial charge in [-0.3, -0.25) is 9.69 Å². The number of rotatable bonds is 3. The molecule has 2 fully saturated rings. The topological polar surface area (TPSA) is 36.4 Å². The molecule has 3 atom stereocenters. The first kappa shape index (κ1) is 19.3. The van der Waals surface area contributed by atoms with Gasteiger partial charge in [0.05, 0.1) is 17.1 Å². The first-order chi connectivity index (χ1) is 12.0. The van der Waals surface area contributed by atoms with Crippen molar-refractivity contribution in [3.63, 3.8) is 0 Å². The van der Waals surface area contributed by atoms with Gasteiger partial charge in [0.1, 0.15) is 0 Å². The second kappa shape index (κ2) is 7.67. The van der Waals surface area contributed by atoms with Gasteiger partial charge in [-0.2, -0.15) is 0 Å². The second-order valence-corrected chi connectivity index (χ2v) is 8.56. The number of likely N-dealkylation sites (tertiary alicyclic amines) is 2. The fraction of sp³-hybridized carbons (Fsp3) is 0.500. The van der Waals surface area contributed by atoms with Crippen LogP contribution in [0.15, 0.2) is 29.6 Å². The molecule has 4 nitrogen and oxygen atoms in total. The Kier molecular flexibility index (Phi) is 5.70. The van der Waals surface area contributed by atoms with Crippen molar-refractivity contribution in [1.29, 1.82) is 0 Å². The molecule has 1 aromatic carbocycles. The Bertz CT molecular complexity index is 793. The van der Waals surface area contributed by atoms with Gasteiger partial charge in [-0.15, -0.1) is 23.7 Å². The molecule has 26 heavy (non-hydrogen) atoms. The number of fused-ring (bicyclic) bond motifs is 1. The predicted octanol–water partition coefficient (Wildman–Crippen LogP) is 3.49. The van der Waals surface area contributed by atoms with Crippen molar-refractivity contribution in [2.45, 2.75) is 26.3 Å². The van der Waals surface area contributed by atoms with E-state index in [0.29, 0.717) is 24.3 Å². The zero-order chi connectivity index (χ0) is 17.6. The summed E-state index contributed by atoms with van der Waals surface area (Å²) < 4.78 is 0. The number of amides is 1. The third-order valence-corrected chi connectivity index (χ3v) is 6.58. The number of benzene rings is 1. The molecule has 0 saturated carbocycles. The summed E-state index contributed by atoms with van der Waals surface area (Å²) in [6.07, 6.45) is 0.439.